The summed E-state index contributed by atoms with van der Waals surface area (Å²) in [5, 5.41) is 12.8. The third kappa shape index (κ3) is 4.34. The van der Waals surface area contributed by atoms with Crippen molar-refractivity contribution in [2.24, 2.45) is 0 Å². The molecular weight excluding hydrogens is 385 g/mol. The third-order valence-electron chi connectivity index (χ3n) is 4.37. The van der Waals surface area contributed by atoms with Gasteiger partial charge in [0.1, 0.15) is 5.69 Å². The van der Waals surface area contributed by atoms with Gasteiger partial charge in [-0.05, 0) is 38.5 Å². The number of amides is 1. The largest absolute Gasteiger partial charge is 0.346 e. The summed E-state index contributed by atoms with van der Waals surface area (Å²) in [6.07, 6.45) is 1.75. The number of carbonyl (C=O) groups excluding carboxylic acids is 1. The summed E-state index contributed by atoms with van der Waals surface area (Å²) in [4.78, 5) is 12.4. The predicted molar refractivity (Wildman–Crippen MR) is 106 cm³/mol. The van der Waals surface area contributed by atoms with Crippen LogP contribution in [0, 0.1) is 13.8 Å². The lowest BCUT2D eigenvalue weighted by atomic mass is 10.1. The van der Waals surface area contributed by atoms with Gasteiger partial charge in [-0.2, -0.15) is 10.2 Å². The normalized spacial score (nSPS) is 11.0. The Bertz CT molecular complexity index is 959. The molecule has 0 unspecified atom stereocenters. The van der Waals surface area contributed by atoms with Gasteiger partial charge < -0.3 is 5.32 Å². The molecule has 0 bridgehead atoms. The van der Waals surface area contributed by atoms with Crippen molar-refractivity contribution < 1.29 is 4.79 Å². The molecule has 0 aliphatic carbocycles. The lowest BCUT2D eigenvalue weighted by molar-refractivity contribution is 0.0950. The first-order valence-corrected chi connectivity index (χ1v) is 9.43. The Morgan fingerprint density at radius 2 is 1.85 bits per heavy atom. The van der Waals surface area contributed by atoms with Gasteiger partial charge >= 0.3 is 0 Å². The maximum absolute atomic E-state index is 12.4. The number of aryl methyl sites for hydroxylation is 2. The Balaban J connectivity index is 1.63. The fourth-order valence-corrected chi connectivity index (χ4v) is 3.10. The number of benzene rings is 1. The number of aromatic nitrogens is 4. The number of hydrogen-bond donors (Lipinski definition) is 1. The molecule has 0 saturated heterocycles. The Hall–Kier alpha value is -2.31. The minimum atomic E-state index is -0.169. The molecule has 1 N–H and O–H groups in total. The molecule has 2 heterocycles. The zero-order valence-electron chi connectivity index (χ0n) is 15.5. The molecule has 0 aliphatic rings. The zero-order chi connectivity index (χ0) is 19.6. The van der Waals surface area contributed by atoms with E-state index in [2.05, 4.69) is 15.5 Å². The van der Waals surface area contributed by atoms with Gasteiger partial charge in [0, 0.05) is 18.3 Å². The van der Waals surface area contributed by atoms with Gasteiger partial charge in [-0.3, -0.25) is 14.2 Å². The highest BCUT2D eigenvalue weighted by Crippen LogP contribution is 2.20. The van der Waals surface area contributed by atoms with E-state index in [1.165, 1.54) is 0 Å². The van der Waals surface area contributed by atoms with Gasteiger partial charge in [0.15, 0.2) is 0 Å². The highest BCUT2D eigenvalue weighted by Gasteiger charge is 2.12. The number of rotatable bonds is 6. The van der Waals surface area contributed by atoms with Crippen molar-refractivity contribution in [1.29, 1.82) is 0 Å². The second-order valence-electron chi connectivity index (χ2n) is 6.30. The molecule has 0 fully saturated rings. The lowest BCUT2D eigenvalue weighted by Crippen LogP contribution is -2.23. The number of nitrogens with zero attached hydrogens (tertiary/aromatic N) is 4. The second-order valence-corrected chi connectivity index (χ2v) is 7.09. The molecule has 3 aromatic rings. The van der Waals surface area contributed by atoms with Crippen molar-refractivity contribution in [1.82, 2.24) is 24.9 Å². The first-order valence-electron chi connectivity index (χ1n) is 8.67. The smallest absolute Gasteiger partial charge is 0.251 e. The molecule has 3 rings (SSSR count). The molecule has 2 aromatic heterocycles. The SMILES string of the molecule is CCn1cc(Cl)c(CNC(=O)c2ccc(Cn3nc(C)c(Cl)c3C)cc2)n1. The summed E-state index contributed by atoms with van der Waals surface area (Å²) in [5.74, 6) is -0.169. The van der Waals surface area contributed by atoms with Crippen molar-refractivity contribution in [2.45, 2.75) is 40.4 Å². The minimum absolute atomic E-state index is 0.169. The molecule has 27 heavy (non-hydrogen) atoms. The molecule has 1 amide bonds. The Morgan fingerprint density at radius 1 is 1.15 bits per heavy atom. The van der Waals surface area contributed by atoms with Crippen LogP contribution in [0.1, 0.15) is 39.9 Å². The molecule has 1 aromatic carbocycles. The van der Waals surface area contributed by atoms with E-state index >= 15 is 0 Å². The summed E-state index contributed by atoms with van der Waals surface area (Å²) in [6, 6.07) is 7.42. The van der Waals surface area contributed by atoms with E-state index in [0.29, 0.717) is 27.8 Å². The summed E-state index contributed by atoms with van der Waals surface area (Å²) in [6.45, 7) is 7.43. The third-order valence-corrected chi connectivity index (χ3v) is 5.23. The molecule has 0 radical (unpaired) electrons. The van der Waals surface area contributed by atoms with Crippen LogP contribution in [0.15, 0.2) is 30.5 Å². The average molecular weight is 406 g/mol. The van der Waals surface area contributed by atoms with Crippen molar-refractivity contribution in [3.8, 4) is 0 Å². The van der Waals surface area contributed by atoms with Crippen LogP contribution >= 0.6 is 23.2 Å². The molecule has 0 aliphatic heterocycles. The van der Waals surface area contributed by atoms with Crippen molar-refractivity contribution >= 4 is 29.1 Å². The zero-order valence-corrected chi connectivity index (χ0v) is 17.0. The van der Waals surface area contributed by atoms with E-state index in [1.807, 2.05) is 37.6 Å². The first-order chi connectivity index (χ1) is 12.9. The second kappa shape index (κ2) is 8.15. The molecule has 0 spiro atoms. The Kier molecular flexibility index (Phi) is 5.87. The van der Waals surface area contributed by atoms with Gasteiger partial charge in [-0.25, -0.2) is 0 Å². The number of carbonyl (C=O) groups is 1. The highest BCUT2D eigenvalue weighted by atomic mass is 35.5. The van der Waals surface area contributed by atoms with E-state index in [1.54, 1.807) is 23.0 Å². The van der Waals surface area contributed by atoms with E-state index < -0.39 is 0 Å². The fraction of sp³-hybridized carbons (Fsp3) is 0.316. The standard InChI is InChI=1S/C19H21Cl2N5O/c1-4-25-11-16(20)17(24-25)9-22-19(27)15-7-5-14(6-8-15)10-26-13(3)18(21)12(2)23-26/h5-8,11H,4,9-10H2,1-3H3,(H,22,27). The number of halogens is 2. The molecule has 8 heteroatoms. The highest BCUT2D eigenvalue weighted by molar-refractivity contribution is 6.31. The quantitative estimate of drug-likeness (QED) is 0.673. The van der Waals surface area contributed by atoms with E-state index in [-0.39, 0.29) is 12.5 Å². The number of nitrogens with one attached hydrogen (secondary N) is 1. The van der Waals surface area contributed by atoms with Crippen LogP contribution in [0.25, 0.3) is 0 Å². The van der Waals surface area contributed by atoms with Crippen molar-refractivity contribution in [3.63, 3.8) is 0 Å². The summed E-state index contributed by atoms with van der Waals surface area (Å²) >= 11 is 12.3. The van der Waals surface area contributed by atoms with E-state index in [9.17, 15) is 4.79 Å². The van der Waals surface area contributed by atoms with Crippen LogP contribution < -0.4 is 5.32 Å². The summed E-state index contributed by atoms with van der Waals surface area (Å²) in [5.41, 5.74) is 4.02. The monoisotopic (exact) mass is 405 g/mol. The van der Waals surface area contributed by atoms with Gasteiger partial charge in [0.25, 0.3) is 5.91 Å². The average Bonchev–Trinajstić information content (AvgIpc) is 3.15. The van der Waals surface area contributed by atoms with E-state index in [0.717, 1.165) is 23.5 Å². The molecular formula is C19H21Cl2N5O. The van der Waals surface area contributed by atoms with Gasteiger partial charge in [0.05, 0.1) is 34.5 Å². The van der Waals surface area contributed by atoms with Gasteiger partial charge in [0.2, 0.25) is 0 Å². The number of hydrogen-bond acceptors (Lipinski definition) is 3. The van der Waals surface area contributed by atoms with Crippen LogP contribution in [0.3, 0.4) is 0 Å². The van der Waals surface area contributed by atoms with Crippen LogP contribution in [0.5, 0.6) is 0 Å². The fourth-order valence-electron chi connectivity index (χ4n) is 2.75. The molecule has 0 atom stereocenters. The van der Waals surface area contributed by atoms with Crippen molar-refractivity contribution in [3.05, 3.63) is 68.7 Å². The Morgan fingerprint density at radius 3 is 2.41 bits per heavy atom. The van der Waals surface area contributed by atoms with Gasteiger partial charge in [-0.15, -0.1) is 0 Å². The lowest BCUT2D eigenvalue weighted by Gasteiger charge is -2.07. The van der Waals surface area contributed by atoms with Crippen LogP contribution in [0.2, 0.25) is 10.0 Å². The van der Waals surface area contributed by atoms with E-state index in [4.69, 9.17) is 23.2 Å². The topological polar surface area (TPSA) is 64.7 Å². The van der Waals surface area contributed by atoms with Crippen molar-refractivity contribution in [2.75, 3.05) is 0 Å². The van der Waals surface area contributed by atoms with Gasteiger partial charge in [-0.1, -0.05) is 35.3 Å². The Labute approximate surface area is 168 Å². The molecule has 0 saturated carbocycles. The van der Waals surface area contributed by atoms with Crippen LogP contribution in [-0.2, 0) is 19.6 Å². The summed E-state index contributed by atoms with van der Waals surface area (Å²) in [7, 11) is 0. The molecule has 142 valence electrons. The predicted octanol–water partition coefficient (Wildman–Crippen LogP) is 4.00. The summed E-state index contributed by atoms with van der Waals surface area (Å²) < 4.78 is 3.60. The molecule has 6 nitrogen and oxygen atoms in total. The first kappa shape index (κ1) is 19.5. The van der Waals surface area contributed by atoms with Crippen LogP contribution in [0.4, 0.5) is 0 Å². The van der Waals surface area contributed by atoms with Crippen LogP contribution in [-0.4, -0.2) is 25.5 Å². The maximum atomic E-state index is 12.4. The maximum Gasteiger partial charge on any atom is 0.251 e. The minimum Gasteiger partial charge on any atom is -0.346 e.